The Kier molecular flexibility index (Phi) is 4.30. The lowest BCUT2D eigenvalue weighted by atomic mass is 9.95. The van der Waals surface area contributed by atoms with Crippen molar-refractivity contribution in [2.45, 2.75) is 32.7 Å². The maximum atomic E-state index is 5.93. The zero-order chi connectivity index (χ0) is 12.3. The second-order valence-corrected chi connectivity index (χ2v) is 5.41. The van der Waals surface area contributed by atoms with Crippen molar-refractivity contribution in [3.63, 3.8) is 0 Å². The quantitative estimate of drug-likeness (QED) is 0.834. The summed E-state index contributed by atoms with van der Waals surface area (Å²) in [6, 6.07) is 5.97. The van der Waals surface area contributed by atoms with Crippen LogP contribution in [0.4, 0.5) is 5.69 Å². The number of benzene rings is 1. The summed E-state index contributed by atoms with van der Waals surface area (Å²) in [4.78, 5) is 2.53. The molecule has 0 amide bonds. The lowest BCUT2D eigenvalue weighted by Crippen LogP contribution is -2.34. The predicted molar refractivity (Wildman–Crippen MR) is 74.2 cm³/mol. The molecule has 2 rings (SSSR count). The molecule has 1 saturated heterocycles. The number of rotatable bonds is 3. The van der Waals surface area contributed by atoms with Gasteiger partial charge in [0, 0.05) is 13.1 Å². The number of halogens is 1. The van der Waals surface area contributed by atoms with Crippen molar-refractivity contribution in [2.24, 2.45) is 5.92 Å². The minimum atomic E-state index is 0.652. The van der Waals surface area contributed by atoms with Gasteiger partial charge in [0.15, 0.2) is 0 Å². The molecule has 1 aromatic rings. The molecule has 1 fully saturated rings. The third kappa shape index (κ3) is 3.36. The number of piperidine rings is 1. The molecule has 0 radical (unpaired) electrons. The minimum Gasteiger partial charge on any atom is -0.398 e. The molecule has 1 heterocycles. The predicted octanol–water partition coefficient (Wildman–Crippen LogP) is 3.54. The fraction of sp³-hybridized carbons (Fsp3) is 0.571. The molecular weight excluding hydrogens is 232 g/mol. The van der Waals surface area contributed by atoms with Crippen molar-refractivity contribution in [3.8, 4) is 0 Å². The average molecular weight is 253 g/mol. The first kappa shape index (κ1) is 12.7. The van der Waals surface area contributed by atoms with Gasteiger partial charge in [0.25, 0.3) is 0 Å². The molecule has 0 bridgehead atoms. The van der Waals surface area contributed by atoms with Crippen LogP contribution in [0.3, 0.4) is 0 Å². The van der Waals surface area contributed by atoms with Crippen LogP contribution in [0.15, 0.2) is 18.2 Å². The van der Waals surface area contributed by atoms with E-state index in [2.05, 4.69) is 17.9 Å². The number of anilines is 1. The van der Waals surface area contributed by atoms with Crippen molar-refractivity contribution >= 4 is 17.3 Å². The number of nitrogens with two attached hydrogens (primary N) is 1. The first-order valence-corrected chi connectivity index (χ1v) is 6.83. The van der Waals surface area contributed by atoms with E-state index in [1.165, 1.54) is 37.9 Å². The molecule has 0 aliphatic carbocycles. The summed E-state index contributed by atoms with van der Waals surface area (Å²) in [5.41, 5.74) is 7.78. The van der Waals surface area contributed by atoms with Gasteiger partial charge in [-0.2, -0.15) is 0 Å². The Balaban J connectivity index is 1.97. The van der Waals surface area contributed by atoms with Crippen molar-refractivity contribution in [2.75, 3.05) is 18.8 Å². The topological polar surface area (TPSA) is 29.3 Å². The van der Waals surface area contributed by atoms with Gasteiger partial charge in [0.1, 0.15) is 0 Å². The Labute approximate surface area is 109 Å². The van der Waals surface area contributed by atoms with Crippen LogP contribution in [0.5, 0.6) is 0 Å². The van der Waals surface area contributed by atoms with E-state index in [1.54, 1.807) is 0 Å². The van der Waals surface area contributed by atoms with E-state index >= 15 is 0 Å². The van der Waals surface area contributed by atoms with E-state index in [4.69, 9.17) is 17.3 Å². The van der Waals surface area contributed by atoms with Crippen LogP contribution in [-0.2, 0) is 6.54 Å². The zero-order valence-corrected chi connectivity index (χ0v) is 11.2. The molecule has 0 saturated carbocycles. The van der Waals surface area contributed by atoms with E-state index in [9.17, 15) is 0 Å². The Morgan fingerprint density at radius 2 is 2.29 bits per heavy atom. The number of nitrogens with zero attached hydrogens (tertiary/aromatic N) is 1. The van der Waals surface area contributed by atoms with Gasteiger partial charge in [0.2, 0.25) is 0 Å². The molecule has 0 spiro atoms. The van der Waals surface area contributed by atoms with E-state index in [0.29, 0.717) is 10.7 Å². The molecule has 1 unspecified atom stereocenters. The number of nitrogen functional groups attached to an aromatic ring is 1. The first-order valence-electron chi connectivity index (χ1n) is 6.45. The molecule has 1 aromatic carbocycles. The summed E-state index contributed by atoms with van der Waals surface area (Å²) in [6.45, 7) is 5.71. The molecular formula is C14H21ClN2. The summed E-state index contributed by atoms with van der Waals surface area (Å²) >= 11 is 5.93. The Morgan fingerprint density at radius 3 is 3.00 bits per heavy atom. The highest BCUT2D eigenvalue weighted by Gasteiger charge is 2.18. The third-order valence-electron chi connectivity index (χ3n) is 3.65. The smallest absolute Gasteiger partial charge is 0.0635 e. The van der Waals surface area contributed by atoms with Gasteiger partial charge in [-0.05, 0) is 43.0 Å². The standard InChI is InChI=1S/C14H21ClN2/c1-2-11-4-3-7-17(9-11)10-12-5-6-13(15)14(16)8-12/h5-6,8,11H,2-4,7,9-10,16H2,1H3. The molecule has 0 aromatic heterocycles. The molecule has 94 valence electrons. The van der Waals surface area contributed by atoms with Crippen LogP contribution in [-0.4, -0.2) is 18.0 Å². The Morgan fingerprint density at radius 1 is 1.47 bits per heavy atom. The monoisotopic (exact) mass is 252 g/mol. The van der Waals surface area contributed by atoms with Gasteiger partial charge < -0.3 is 5.73 Å². The largest absolute Gasteiger partial charge is 0.398 e. The summed E-state index contributed by atoms with van der Waals surface area (Å²) in [5, 5.41) is 0.652. The van der Waals surface area contributed by atoms with Crippen LogP contribution in [0.25, 0.3) is 0 Å². The average Bonchev–Trinajstić information content (AvgIpc) is 2.34. The van der Waals surface area contributed by atoms with Crippen LogP contribution in [0.1, 0.15) is 31.7 Å². The normalized spacial score (nSPS) is 21.6. The van der Waals surface area contributed by atoms with Crippen LogP contribution in [0, 0.1) is 5.92 Å². The molecule has 2 N–H and O–H groups in total. The highest BCUT2D eigenvalue weighted by Crippen LogP contribution is 2.23. The van der Waals surface area contributed by atoms with Gasteiger partial charge in [-0.3, -0.25) is 4.90 Å². The SMILES string of the molecule is CCC1CCCN(Cc2ccc(Cl)c(N)c2)C1. The second-order valence-electron chi connectivity index (χ2n) is 5.01. The number of hydrogen-bond acceptors (Lipinski definition) is 2. The van der Waals surface area contributed by atoms with E-state index in [-0.39, 0.29) is 0 Å². The van der Waals surface area contributed by atoms with Crippen molar-refractivity contribution in [3.05, 3.63) is 28.8 Å². The second kappa shape index (κ2) is 5.74. The van der Waals surface area contributed by atoms with E-state index < -0.39 is 0 Å². The number of likely N-dealkylation sites (tertiary alicyclic amines) is 1. The van der Waals surface area contributed by atoms with E-state index in [0.717, 1.165) is 12.5 Å². The summed E-state index contributed by atoms with van der Waals surface area (Å²) in [5.74, 6) is 0.869. The molecule has 2 nitrogen and oxygen atoms in total. The van der Waals surface area contributed by atoms with Gasteiger partial charge in [0.05, 0.1) is 10.7 Å². The van der Waals surface area contributed by atoms with Crippen LogP contribution < -0.4 is 5.73 Å². The fourth-order valence-corrected chi connectivity index (χ4v) is 2.70. The first-order chi connectivity index (χ1) is 8.19. The van der Waals surface area contributed by atoms with Crippen LogP contribution >= 0.6 is 11.6 Å². The van der Waals surface area contributed by atoms with Gasteiger partial charge in [-0.15, -0.1) is 0 Å². The summed E-state index contributed by atoms with van der Waals surface area (Å²) < 4.78 is 0. The maximum Gasteiger partial charge on any atom is 0.0635 e. The van der Waals surface area contributed by atoms with Gasteiger partial charge in [-0.1, -0.05) is 31.0 Å². The lowest BCUT2D eigenvalue weighted by Gasteiger charge is -2.32. The van der Waals surface area contributed by atoms with Gasteiger partial charge >= 0.3 is 0 Å². The summed E-state index contributed by atoms with van der Waals surface area (Å²) in [7, 11) is 0. The molecule has 3 heteroatoms. The van der Waals surface area contributed by atoms with Crippen molar-refractivity contribution < 1.29 is 0 Å². The molecule has 1 aliphatic heterocycles. The maximum absolute atomic E-state index is 5.93. The molecule has 1 aliphatic rings. The van der Waals surface area contributed by atoms with Gasteiger partial charge in [-0.25, -0.2) is 0 Å². The summed E-state index contributed by atoms with van der Waals surface area (Å²) in [6.07, 6.45) is 4.00. The Hall–Kier alpha value is -0.730. The Bertz CT molecular complexity index is 378. The van der Waals surface area contributed by atoms with E-state index in [1.807, 2.05) is 12.1 Å². The lowest BCUT2D eigenvalue weighted by molar-refractivity contribution is 0.165. The minimum absolute atomic E-state index is 0.652. The third-order valence-corrected chi connectivity index (χ3v) is 3.99. The van der Waals surface area contributed by atoms with Crippen molar-refractivity contribution in [1.82, 2.24) is 4.90 Å². The van der Waals surface area contributed by atoms with Crippen molar-refractivity contribution in [1.29, 1.82) is 0 Å². The highest BCUT2D eigenvalue weighted by molar-refractivity contribution is 6.33. The fourth-order valence-electron chi connectivity index (χ4n) is 2.58. The molecule has 1 atom stereocenters. The highest BCUT2D eigenvalue weighted by atomic mass is 35.5. The zero-order valence-electron chi connectivity index (χ0n) is 10.5. The van der Waals surface area contributed by atoms with Crippen LogP contribution in [0.2, 0.25) is 5.02 Å². The number of hydrogen-bond donors (Lipinski definition) is 1. The molecule has 17 heavy (non-hydrogen) atoms.